The minimum Gasteiger partial charge on any atom is -0.311 e. The van der Waals surface area contributed by atoms with Crippen molar-refractivity contribution < 1.29 is 9.59 Å². The monoisotopic (exact) mass is 387 g/mol. The smallest absolute Gasteiger partial charge is 0.311 e. The Balaban J connectivity index is 1.71. The molecule has 0 unspecified atom stereocenters. The Hall–Kier alpha value is -2.34. The van der Waals surface area contributed by atoms with Gasteiger partial charge in [-0.1, -0.05) is 40.2 Å². The van der Waals surface area contributed by atoms with Crippen LogP contribution in [0.4, 0.5) is 16.2 Å². The molecule has 1 fully saturated rings. The van der Waals surface area contributed by atoms with Crippen LogP contribution in [0.1, 0.15) is 6.92 Å². The second-order valence-electron chi connectivity index (χ2n) is 5.64. The first-order chi connectivity index (χ1) is 11.6. The number of hydrogen-bond acceptors (Lipinski definition) is 2. The van der Waals surface area contributed by atoms with Crippen LogP contribution in [-0.4, -0.2) is 36.0 Å². The molecule has 124 valence electrons. The Morgan fingerprint density at radius 1 is 1.12 bits per heavy atom. The Kier molecular flexibility index (Phi) is 4.85. The molecule has 1 N–H and O–H groups in total. The number of rotatable bonds is 2. The predicted molar refractivity (Wildman–Crippen MR) is 98.1 cm³/mol. The van der Waals surface area contributed by atoms with Gasteiger partial charge in [-0.15, -0.1) is 0 Å². The highest BCUT2D eigenvalue weighted by molar-refractivity contribution is 9.10. The number of para-hydroxylation sites is 1. The van der Waals surface area contributed by atoms with Gasteiger partial charge in [-0.2, -0.15) is 0 Å². The van der Waals surface area contributed by atoms with Gasteiger partial charge in [-0.25, -0.2) is 4.79 Å². The fraction of sp³-hybridized carbons (Fsp3) is 0.222. The summed E-state index contributed by atoms with van der Waals surface area (Å²) in [6.45, 7) is 2.72. The zero-order chi connectivity index (χ0) is 17.1. The number of halogens is 1. The molecule has 0 aromatic heterocycles. The third-order valence-electron chi connectivity index (χ3n) is 4.06. The first-order valence-corrected chi connectivity index (χ1v) is 8.55. The number of carbonyl (C=O) groups is 2. The number of nitrogens with zero attached hydrogens (tertiary/aromatic N) is 2. The predicted octanol–water partition coefficient (Wildman–Crippen LogP) is 3.72. The largest absolute Gasteiger partial charge is 0.322 e. The molecular weight excluding hydrogens is 370 g/mol. The molecule has 1 heterocycles. The molecule has 6 heteroatoms. The number of carbonyl (C=O) groups excluding carboxylic acids is 2. The number of piperazine rings is 1. The van der Waals surface area contributed by atoms with E-state index in [1.54, 1.807) is 16.7 Å². The third-order valence-corrected chi connectivity index (χ3v) is 4.55. The maximum Gasteiger partial charge on any atom is 0.322 e. The van der Waals surface area contributed by atoms with E-state index < -0.39 is 6.04 Å². The lowest BCUT2D eigenvalue weighted by Gasteiger charge is -2.39. The van der Waals surface area contributed by atoms with E-state index in [-0.39, 0.29) is 11.9 Å². The van der Waals surface area contributed by atoms with Crippen molar-refractivity contribution in [1.82, 2.24) is 4.90 Å². The summed E-state index contributed by atoms with van der Waals surface area (Å²) in [5.41, 5.74) is 1.56. The van der Waals surface area contributed by atoms with Crippen LogP contribution in [0.3, 0.4) is 0 Å². The van der Waals surface area contributed by atoms with Crippen LogP contribution in [-0.2, 0) is 4.79 Å². The van der Waals surface area contributed by atoms with Crippen LogP contribution >= 0.6 is 15.9 Å². The van der Waals surface area contributed by atoms with Crippen LogP contribution in [0.5, 0.6) is 0 Å². The van der Waals surface area contributed by atoms with Gasteiger partial charge < -0.3 is 15.1 Å². The summed E-state index contributed by atoms with van der Waals surface area (Å²) < 4.78 is 0.921. The molecule has 0 aliphatic carbocycles. The van der Waals surface area contributed by atoms with Gasteiger partial charge in [0.25, 0.3) is 0 Å². The first-order valence-electron chi connectivity index (χ1n) is 7.76. The number of anilines is 2. The molecule has 0 radical (unpaired) electrons. The average molecular weight is 388 g/mol. The Labute approximate surface area is 149 Å². The summed E-state index contributed by atoms with van der Waals surface area (Å²) in [5.74, 6) is -0.0810. The highest BCUT2D eigenvalue weighted by Crippen LogP contribution is 2.24. The van der Waals surface area contributed by atoms with Gasteiger partial charge in [-0.3, -0.25) is 4.79 Å². The van der Waals surface area contributed by atoms with Crippen LogP contribution < -0.4 is 10.2 Å². The summed E-state index contributed by atoms with van der Waals surface area (Å²) in [6, 6.07) is 16.1. The van der Waals surface area contributed by atoms with Gasteiger partial charge in [0.15, 0.2) is 0 Å². The lowest BCUT2D eigenvalue weighted by molar-refractivity contribution is -0.123. The minimum absolute atomic E-state index is 0.0810. The molecule has 3 rings (SSSR count). The van der Waals surface area contributed by atoms with E-state index >= 15 is 0 Å². The van der Waals surface area contributed by atoms with Crippen molar-refractivity contribution in [3.63, 3.8) is 0 Å². The van der Waals surface area contributed by atoms with E-state index in [1.165, 1.54) is 0 Å². The number of amides is 3. The van der Waals surface area contributed by atoms with Crippen molar-refractivity contribution in [2.24, 2.45) is 0 Å². The molecule has 1 aliphatic rings. The zero-order valence-electron chi connectivity index (χ0n) is 13.3. The van der Waals surface area contributed by atoms with Gasteiger partial charge in [-0.05, 0) is 37.3 Å². The van der Waals surface area contributed by atoms with E-state index in [1.807, 2.05) is 54.6 Å². The van der Waals surface area contributed by atoms with Crippen LogP contribution in [0.2, 0.25) is 0 Å². The molecule has 1 atom stereocenters. The van der Waals surface area contributed by atoms with Crippen molar-refractivity contribution in [2.45, 2.75) is 13.0 Å². The van der Waals surface area contributed by atoms with Crippen LogP contribution in [0.25, 0.3) is 0 Å². The van der Waals surface area contributed by atoms with Crippen molar-refractivity contribution in [3.8, 4) is 0 Å². The Bertz CT molecular complexity index is 751. The first kappa shape index (κ1) is 16.5. The second kappa shape index (κ2) is 7.05. The van der Waals surface area contributed by atoms with Gasteiger partial charge in [0.2, 0.25) is 5.91 Å². The average Bonchev–Trinajstić information content (AvgIpc) is 2.58. The molecule has 24 heavy (non-hydrogen) atoms. The molecule has 5 nitrogen and oxygen atoms in total. The quantitative estimate of drug-likeness (QED) is 0.853. The second-order valence-corrected chi connectivity index (χ2v) is 6.55. The zero-order valence-corrected chi connectivity index (χ0v) is 14.9. The van der Waals surface area contributed by atoms with Crippen LogP contribution in [0, 0.1) is 0 Å². The Morgan fingerprint density at radius 2 is 1.88 bits per heavy atom. The lowest BCUT2D eigenvalue weighted by Crippen LogP contribution is -2.58. The third kappa shape index (κ3) is 3.43. The highest BCUT2D eigenvalue weighted by Gasteiger charge is 2.35. The van der Waals surface area contributed by atoms with E-state index in [4.69, 9.17) is 0 Å². The maximum atomic E-state index is 12.7. The Morgan fingerprint density at radius 3 is 2.58 bits per heavy atom. The lowest BCUT2D eigenvalue weighted by atomic mass is 10.1. The molecule has 0 spiro atoms. The normalized spacial score (nSPS) is 17.8. The molecular formula is C18H18BrN3O2. The topological polar surface area (TPSA) is 52.7 Å². The number of hydrogen-bond donors (Lipinski definition) is 1. The standard InChI is InChI=1S/C18H18BrN3O2/c1-13-17(23)22(16-9-5-6-14(19)12-16)11-10-21(13)18(24)20-15-7-3-2-4-8-15/h2-9,12-13H,10-11H2,1H3,(H,20,24)/t13-/m0/s1. The highest BCUT2D eigenvalue weighted by atomic mass is 79.9. The summed E-state index contributed by atoms with van der Waals surface area (Å²) in [7, 11) is 0. The molecule has 2 aromatic carbocycles. The number of urea groups is 1. The summed E-state index contributed by atoms with van der Waals surface area (Å²) in [6.07, 6.45) is 0. The summed E-state index contributed by atoms with van der Waals surface area (Å²) in [4.78, 5) is 28.4. The summed E-state index contributed by atoms with van der Waals surface area (Å²) >= 11 is 3.42. The van der Waals surface area contributed by atoms with Crippen molar-refractivity contribution in [3.05, 3.63) is 59.1 Å². The fourth-order valence-electron chi connectivity index (χ4n) is 2.76. The number of nitrogens with one attached hydrogen (secondary N) is 1. The van der Waals surface area contributed by atoms with Gasteiger partial charge in [0, 0.05) is 28.9 Å². The van der Waals surface area contributed by atoms with E-state index in [9.17, 15) is 9.59 Å². The molecule has 3 amide bonds. The SMILES string of the molecule is C[C@H]1C(=O)N(c2cccc(Br)c2)CCN1C(=O)Nc1ccccc1. The van der Waals surface area contributed by atoms with Crippen molar-refractivity contribution in [1.29, 1.82) is 0 Å². The number of benzene rings is 2. The van der Waals surface area contributed by atoms with E-state index in [2.05, 4.69) is 21.2 Å². The van der Waals surface area contributed by atoms with Gasteiger partial charge >= 0.3 is 6.03 Å². The molecule has 0 saturated carbocycles. The fourth-order valence-corrected chi connectivity index (χ4v) is 3.15. The van der Waals surface area contributed by atoms with Crippen LogP contribution in [0.15, 0.2) is 59.1 Å². The van der Waals surface area contributed by atoms with E-state index in [0.717, 1.165) is 15.8 Å². The molecule has 2 aromatic rings. The van der Waals surface area contributed by atoms with Crippen molar-refractivity contribution >= 4 is 39.2 Å². The molecule has 1 saturated heterocycles. The van der Waals surface area contributed by atoms with Gasteiger partial charge in [0.05, 0.1) is 0 Å². The van der Waals surface area contributed by atoms with E-state index in [0.29, 0.717) is 13.1 Å². The van der Waals surface area contributed by atoms with Gasteiger partial charge in [0.1, 0.15) is 6.04 Å². The maximum absolute atomic E-state index is 12.7. The van der Waals surface area contributed by atoms with Crippen molar-refractivity contribution in [2.75, 3.05) is 23.3 Å². The molecule has 0 bridgehead atoms. The summed E-state index contributed by atoms with van der Waals surface area (Å²) in [5, 5.41) is 2.84. The molecule has 1 aliphatic heterocycles. The minimum atomic E-state index is -0.513.